The van der Waals surface area contributed by atoms with Crippen LogP contribution in [0.1, 0.15) is 64.4 Å². The second-order valence-electron chi connectivity index (χ2n) is 12.7. The lowest BCUT2D eigenvalue weighted by Gasteiger charge is -2.58. The number of allylic oxidation sites excluding steroid dienone is 3. The van der Waals surface area contributed by atoms with E-state index in [1.54, 1.807) is 5.57 Å². The van der Waals surface area contributed by atoms with Gasteiger partial charge in [0, 0.05) is 19.1 Å². The molecule has 1 aliphatic heterocycles. The van der Waals surface area contributed by atoms with E-state index in [0.29, 0.717) is 10.8 Å². The molecular weight excluding hydrogens is 426 g/mol. The van der Waals surface area contributed by atoms with Gasteiger partial charge in [-0.1, -0.05) is 68.0 Å². The highest BCUT2D eigenvalue weighted by molar-refractivity contribution is 5.87. The highest BCUT2D eigenvalue weighted by Gasteiger charge is 2.57. The first-order valence-electron chi connectivity index (χ1n) is 14.3. The van der Waals surface area contributed by atoms with Gasteiger partial charge in [-0.25, -0.2) is 0 Å². The van der Waals surface area contributed by atoms with Gasteiger partial charge in [-0.3, -0.25) is 4.90 Å². The highest BCUT2D eigenvalue weighted by Crippen LogP contribution is 2.66. The molecule has 3 fully saturated rings. The fraction of sp³-hybridized carbons (Fsp3) is 0.576. The topological polar surface area (TPSA) is 12.5 Å². The Morgan fingerprint density at radius 1 is 0.829 bits per heavy atom. The number of rotatable bonds is 2. The summed E-state index contributed by atoms with van der Waals surface area (Å²) in [5.74, 6) is 2.52. The van der Waals surface area contributed by atoms with Crippen molar-refractivity contribution in [3.8, 4) is 0 Å². The highest BCUT2D eigenvalue weighted by atomic mass is 16.5. The van der Waals surface area contributed by atoms with Crippen LogP contribution in [0.2, 0.25) is 0 Å². The zero-order valence-electron chi connectivity index (χ0n) is 21.6. The summed E-state index contributed by atoms with van der Waals surface area (Å²) in [5, 5.41) is 2.73. The van der Waals surface area contributed by atoms with Crippen LogP contribution >= 0.6 is 0 Å². The number of ether oxygens (including phenoxy) is 1. The van der Waals surface area contributed by atoms with E-state index in [-0.39, 0.29) is 0 Å². The minimum Gasteiger partial charge on any atom is -0.379 e. The number of nitrogens with zero attached hydrogens (tertiary/aromatic N) is 1. The third-order valence-electron chi connectivity index (χ3n) is 11.3. The molecule has 35 heavy (non-hydrogen) atoms. The molecule has 2 aromatic rings. The molecule has 2 nitrogen and oxygen atoms in total. The molecule has 2 aromatic carbocycles. The second-order valence-corrected chi connectivity index (χ2v) is 12.7. The molecule has 0 bridgehead atoms. The normalized spacial score (nSPS) is 39.4. The van der Waals surface area contributed by atoms with Crippen LogP contribution in [0, 0.1) is 28.6 Å². The maximum Gasteiger partial charge on any atom is 0.0594 e. The number of benzene rings is 2. The maximum absolute atomic E-state index is 5.64. The number of hydrogen-bond acceptors (Lipinski definition) is 2. The van der Waals surface area contributed by atoms with E-state index in [4.69, 9.17) is 4.74 Å². The average molecular weight is 468 g/mol. The summed E-state index contributed by atoms with van der Waals surface area (Å²) in [5.41, 5.74) is 5.68. The van der Waals surface area contributed by atoms with Gasteiger partial charge >= 0.3 is 0 Å². The Labute approximate surface area is 211 Å². The Bertz CT molecular complexity index is 1190. The first-order chi connectivity index (χ1) is 17.1. The van der Waals surface area contributed by atoms with Crippen molar-refractivity contribution in [2.24, 2.45) is 28.6 Å². The standard InChI is InChI=1S/C33H41NO/c1-32-15-13-27(34-17-19-35-20-18-34)22-26(32)9-10-28-30-12-11-29(33(30,2)16-14-31(28)32)25-8-7-23-5-3-4-6-24(23)21-25/h3-9,11,21,27-28,30-31H,10,12-20,22H2,1-2H3/t27-,28-,30-,31-,32-,33+/m0/s1. The molecule has 0 aromatic heterocycles. The molecule has 0 amide bonds. The zero-order valence-corrected chi connectivity index (χ0v) is 21.6. The van der Waals surface area contributed by atoms with Crippen LogP contribution in [-0.2, 0) is 4.74 Å². The molecule has 5 aliphatic rings. The van der Waals surface area contributed by atoms with Crippen LogP contribution in [0.4, 0.5) is 0 Å². The minimum absolute atomic E-state index is 0.330. The van der Waals surface area contributed by atoms with E-state index in [2.05, 4.69) is 73.4 Å². The molecule has 0 N–H and O–H groups in total. The Hall–Kier alpha value is -1.90. The van der Waals surface area contributed by atoms with Crippen LogP contribution in [0.25, 0.3) is 16.3 Å². The molecule has 2 heteroatoms. The van der Waals surface area contributed by atoms with Gasteiger partial charge in [0.15, 0.2) is 0 Å². The first-order valence-corrected chi connectivity index (χ1v) is 14.3. The van der Waals surface area contributed by atoms with Crippen molar-refractivity contribution in [2.75, 3.05) is 26.3 Å². The lowest BCUT2D eigenvalue weighted by molar-refractivity contribution is -0.0310. The van der Waals surface area contributed by atoms with Gasteiger partial charge in [0.25, 0.3) is 0 Å². The predicted octanol–water partition coefficient (Wildman–Crippen LogP) is 7.50. The zero-order chi connectivity index (χ0) is 23.6. The quantitative estimate of drug-likeness (QED) is 0.424. The van der Waals surface area contributed by atoms with Gasteiger partial charge in [0.05, 0.1) is 13.2 Å². The van der Waals surface area contributed by atoms with Crippen molar-refractivity contribution in [3.63, 3.8) is 0 Å². The van der Waals surface area contributed by atoms with Gasteiger partial charge in [-0.15, -0.1) is 0 Å². The summed E-state index contributed by atoms with van der Waals surface area (Å²) >= 11 is 0. The van der Waals surface area contributed by atoms with E-state index < -0.39 is 0 Å². The van der Waals surface area contributed by atoms with E-state index in [1.807, 2.05) is 5.57 Å². The molecule has 0 radical (unpaired) electrons. The minimum atomic E-state index is 0.330. The molecule has 0 spiro atoms. The second kappa shape index (κ2) is 8.32. The van der Waals surface area contributed by atoms with Crippen LogP contribution in [0.5, 0.6) is 0 Å². The lowest BCUT2D eigenvalue weighted by atomic mass is 9.47. The summed E-state index contributed by atoms with van der Waals surface area (Å²) in [4.78, 5) is 2.73. The molecule has 7 rings (SSSR count). The van der Waals surface area contributed by atoms with Gasteiger partial charge in [-0.2, -0.15) is 0 Å². The van der Waals surface area contributed by atoms with Crippen molar-refractivity contribution in [1.82, 2.24) is 4.90 Å². The van der Waals surface area contributed by atoms with Crippen molar-refractivity contribution in [3.05, 3.63) is 65.8 Å². The molecule has 1 saturated heterocycles. The molecule has 184 valence electrons. The molecular formula is C33H41NO. The average Bonchev–Trinajstić information content (AvgIpc) is 3.25. The van der Waals surface area contributed by atoms with Crippen LogP contribution in [0.15, 0.2) is 60.2 Å². The van der Waals surface area contributed by atoms with Crippen LogP contribution < -0.4 is 0 Å². The molecule has 1 heterocycles. The maximum atomic E-state index is 5.64. The van der Waals surface area contributed by atoms with Crippen molar-refractivity contribution in [2.45, 2.75) is 64.8 Å². The summed E-state index contributed by atoms with van der Waals surface area (Å²) in [7, 11) is 0. The number of morpholine rings is 1. The van der Waals surface area contributed by atoms with Crippen molar-refractivity contribution >= 4 is 16.3 Å². The SMILES string of the molecule is C[C@]12CC[C@H](N3CCOCC3)CC1=CC[C@@H]1[C@@H]2CC[C@]2(C)C(c3ccc4ccccc4c3)=CC[C@@H]12. The third kappa shape index (κ3) is 3.43. The summed E-state index contributed by atoms with van der Waals surface area (Å²) in [6.45, 7) is 9.36. The molecule has 6 atom stereocenters. The Kier molecular flexibility index (Phi) is 5.30. The van der Waals surface area contributed by atoms with Gasteiger partial charge in [0.1, 0.15) is 0 Å². The van der Waals surface area contributed by atoms with Gasteiger partial charge < -0.3 is 4.74 Å². The Morgan fingerprint density at radius 2 is 1.63 bits per heavy atom. The van der Waals surface area contributed by atoms with E-state index in [9.17, 15) is 0 Å². The largest absolute Gasteiger partial charge is 0.379 e. The van der Waals surface area contributed by atoms with E-state index in [0.717, 1.165) is 50.1 Å². The lowest BCUT2D eigenvalue weighted by Crippen LogP contribution is -2.52. The fourth-order valence-electron chi connectivity index (χ4n) is 9.27. The monoisotopic (exact) mass is 467 g/mol. The number of hydrogen-bond donors (Lipinski definition) is 0. The number of fused-ring (bicyclic) bond motifs is 6. The first kappa shape index (κ1) is 22.3. The van der Waals surface area contributed by atoms with Crippen LogP contribution in [-0.4, -0.2) is 37.2 Å². The fourth-order valence-corrected chi connectivity index (χ4v) is 9.27. The third-order valence-corrected chi connectivity index (χ3v) is 11.3. The predicted molar refractivity (Wildman–Crippen MR) is 145 cm³/mol. The molecule has 2 saturated carbocycles. The molecule has 4 aliphatic carbocycles. The van der Waals surface area contributed by atoms with Gasteiger partial charge in [0.2, 0.25) is 0 Å². The van der Waals surface area contributed by atoms with Crippen LogP contribution in [0.3, 0.4) is 0 Å². The smallest absolute Gasteiger partial charge is 0.0594 e. The van der Waals surface area contributed by atoms with Gasteiger partial charge in [-0.05, 0) is 102 Å². The van der Waals surface area contributed by atoms with Crippen molar-refractivity contribution < 1.29 is 4.74 Å². The Balaban J connectivity index is 1.15. The summed E-state index contributed by atoms with van der Waals surface area (Å²) in [6, 6.07) is 16.7. The summed E-state index contributed by atoms with van der Waals surface area (Å²) < 4.78 is 5.64. The summed E-state index contributed by atoms with van der Waals surface area (Å²) in [6.07, 6.45) is 14.8. The molecule has 0 unspecified atom stereocenters. The Morgan fingerprint density at radius 3 is 2.49 bits per heavy atom. The van der Waals surface area contributed by atoms with E-state index in [1.165, 1.54) is 61.3 Å². The van der Waals surface area contributed by atoms with Crippen molar-refractivity contribution in [1.29, 1.82) is 0 Å². The van der Waals surface area contributed by atoms with E-state index >= 15 is 0 Å².